The summed E-state index contributed by atoms with van der Waals surface area (Å²) in [6, 6.07) is 0. The van der Waals surface area contributed by atoms with Crippen LogP contribution in [-0.2, 0) is 4.79 Å². The van der Waals surface area contributed by atoms with Crippen molar-refractivity contribution in [3.63, 3.8) is 0 Å². The van der Waals surface area contributed by atoms with Crippen LogP contribution in [0.4, 0.5) is 0 Å². The molecule has 0 unspecified atom stereocenters. The Morgan fingerprint density at radius 1 is 1.43 bits per heavy atom. The van der Waals surface area contributed by atoms with Crippen molar-refractivity contribution in [2.75, 3.05) is 0 Å². The van der Waals surface area contributed by atoms with Gasteiger partial charge >= 0.3 is 0 Å². The molecule has 40 valence electrons. The average Bonchev–Trinajstić information content (AvgIpc) is 1.72. The highest BCUT2D eigenvalue weighted by Crippen LogP contribution is 1.97. The lowest BCUT2D eigenvalue weighted by Crippen LogP contribution is -1.74. The van der Waals surface area contributed by atoms with Crippen molar-refractivity contribution in [1.82, 2.24) is 0 Å². The van der Waals surface area contributed by atoms with Crippen molar-refractivity contribution in [3.8, 4) is 0 Å². The minimum absolute atomic E-state index is 0.847. The van der Waals surface area contributed by atoms with Crippen molar-refractivity contribution in [2.24, 2.45) is 0 Å². The molecule has 0 aliphatic carbocycles. The number of allylic oxidation sites excluding steroid dienone is 1. The molecule has 7 heavy (non-hydrogen) atoms. The predicted octanol–water partition coefficient (Wildman–Crippen LogP) is 1.56. The summed E-state index contributed by atoms with van der Waals surface area (Å²) in [5.41, 5.74) is 0.875. The van der Waals surface area contributed by atoms with E-state index in [0.717, 1.165) is 18.4 Å². The maximum absolute atomic E-state index is 9.81. The van der Waals surface area contributed by atoms with Gasteiger partial charge in [0.05, 0.1) is 0 Å². The molecule has 0 heterocycles. The Balaban J connectivity index is 3.61. The molecule has 0 N–H and O–H groups in total. The minimum Gasteiger partial charge on any atom is -0.234 e. The van der Waals surface area contributed by atoms with Crippen LogP contribution in [0.25, 0.3) is 0 Å². The molecule has 0 aliphatic heterocycles. The third-order valence-corrected chi connectivity index (χ3v) is 0.998. The lowest BCUT2D eigenvalue weighted by Gasteiger charge is -1.85. The van der Waals surface area contributed by atoms with Crippen LogP contribution in [0.2, 0.25) is 0 Å². The molecule has 0 aromatic rings. The zero-order chi connectivity index (χ0) is 5.70. The summed E-state index contributed by atoms with van der Waals surface area (Å²) in [6.45, 7) is 3.92. The topological polar surface area (TPSA) is 17.1 Å². The Hall–Kier alpha value is -0.550. The zero-order valence-corrected chi connectivity index (χ0v) is 4.82. The molecule has 0 amide bonds. The smallest absolute Gasteiger partial charge is 0.123 e. The van der Waals surface area contributed by atoms with Gasteiger partial charge in [-0.25, -0.2) is 4.79 Å². The van der Waals surface area contributed by atoms with Gasteiger partial charge in [0.1, 0.15) is 5.94 Å². The van der Waals surface area contributed by atoms with Gasteiger partial charge in [0.25, 0.3) is 0 Å². The monoisotopic (exact) mass is 98.1 g/mol. The maximum atomic E-state index is 9.81. The molecule has 0 atom stereocenters. The van der Waals surface area contributed by atoms with Crippen LogP contribution in [0.5, 0.6) is 0 Å². The van der Waals surface area contributed by atoms with Crippen molar-refractivity contribution < 1.29 is 4.79 Å². The second-order valence-corrected chi connectivity index (χ2v) is 1.41. The van der Waals surface area contributed by atoms with Gasteiger partial charge in [-0.15, -0.1) is 0 Å². The van der Waals surface area contributed by atoms with Gasteiger partial charge in [0.15, 0.2) is 0 Å². The molecule has 0 aromatic carbocycles. The molecule has 1 heteroatoms. The Kier molecular flexibility index (Phi) is 3.35. The van der Waals surface area contributed by atoms with Gasteiger partial charge < -0.3 is 0 Å². The van der Waals surface area contributed by atoms with E-state index in [-0.39, 0.29) is 0 Å². The fraction of sp³-hybridized carbons (Fsp3) is 0.667. The normalized spacial score (nSPS) is 7.71. The number of rotatable bonds is 2. The molecule has 0 aromatic heterocycles. The minimum atomic E-state index is 0.847. The van der Waals surface area contributed by atoms with Crippen molar-refractivity contribution in [3.05, 3.63) is 5.57 Å². The van der Waals surface area contributed by atoms with Gasteiger partial charge in [-0.2, -0.15) is 0 Å². The molecule has 1 nitrogen and oxygen atoms in total. The lowest BCUT2D eigenvalue weighted by molar-refractivity contribution is 0.565. The Morgan fingerprint density at radius 2 is 1.86 bits per heavy atom. The molecule has 0 saturated carbocycles. The first-order valence-corrected chi connectivity index (χ1v) is 2.58. The first kappa shape index (κ1) is 6.45. The molecular weight excluding hydrogens is 88.1 g/mol. The predicted molar refractivity (Wildman–Crippen MR) is 29.8 cm³/mol. The first-order valence-electron chi connectivity index (χ1n) is 2.58. The summed E-state index contributed by atoms with van der Waals surface area (Å²) in [7, 11) is 0. The van der Waals surface area contributed by atoms with E-state index in [4.69, 9.17) is 0 Å². The van der Waals surface area contributed by atoms with E-state index in [2.05, 4.69) is 0 Å². The maximum Gasteiger partial charge on any atom is 0.123 e. The second kappa shape index (κ2) is 3.63. The van der Waals surface area contributed by atoms with E-state index in [1.807, 2.05) is 19.8 Å². The van der Waals surface area contributed by atoms with Crippen LogP contribution in [0.3, 0.4) is 0 Å². The zero-order valence-electron chi connectivity index (χ0n) is 4.82. The summed E-state index contributed by atoms with van der Waals surface area (Å²) in [5, 5.41) is 0. The number of carbonyl (C=O) groups excluding carboxylic acids is 1. The summed E-state index contributed by atoms with van der Waals surface area (Å²) < 4.78 is 0. The molecule has 0 saturated heterocycles. The molecule has 0 bridgehead atoms. The largest absolute Gasteiger partial charge is 0.234 e. The first-order chi connectivity index (χ1) is 3.35. The molecule has 0 rings (SSSR count). The molecule has 0 spiro atoms. The Morgan fingerprint density at radius 3 is 1.86 bits per heavy atom. The van der Waals surface area contributed by atoms with Crippen molar-refractivity contribution in [2.45, 2.75) is 26.7 Å². The van der Waals surface area contributed by atoms with Crippen molar-refractivity contribution in [1.29, 1.82) is 0 Å². The SMILES string of the molecule is CCC(=C=O)CC. The van der Waals surface area contributed by atoms with Gasteiger partial charge in [0.2, 0.25) is 0 Å². The van der Waals surface area contributed by atoms with E-state index < -0.39 is 0 Å². The van der Waals surface area contributed by atoms with E-state index in [9.17, 15) is 4.79 Å². The van der Waals surface area contributed by atoms with Crippen LogP contribution >= 0.6 is 0 Å². The highest BCUT2D eigenvalue weighted by molar-refractivity contribution is 5.51. The third-order valence-electron chi connectivity index (χ3n) is 0.998. The summed E-state index contributed by atoms with van der Waals surface area (Å²) >= 11 is 0. The number of hydrogen-bond acceptors (Lipinski definition) is 1. The van der Waals surface area contributed by atoms with E-state index >= 15 is 0 Å². The molecule has 0 fully saturated rings. The van der Waals surface area contributed by atoms with Crippen LogP contribution in [0.1, 0.15) is 26.7 Å². The molecule has 0 radical (unpaired) electrons. The van der Waals surface area contributed by atoms with Crippen LogP contribution in [-0.4, -0.2) is 5.94 Å². The van der Waals surface area contributed by atoms with Crippen molar-refractivity contribution >= 4 is 5.94 Å². The highest BCUT2D eigenvalue weighted by atomic mass is 16.1. The quantitative estimate of drug-likeness (QED) is 0.479. The third kappa shape index (κ3) is 2.18. The van der Waals surface area contributed by atoms with E-state index in [1.54, 1.807) is 0 Å². The summed E-state index contributed by atoms with van der Waals surface area (Å²) in [5.74, 6) is 1.87. The fourth-order valence-corrected chi connectivity index (χ4v) is 0.394. The Bertz CT molecular complexity index is 82.4. The van der Waals surface area contributed by atoms with Crippen LogP contribution in [0, 0.1) is 0 Å². The van der Waals surface area contributed by atoms with Gasteiger partial charge in [-0.05, 0) is 12.8 Å². The second-order valence-electron chi connectivity index (χ2n) is 1.41. The van der Waals surface area contributed by atoms with Crippen LogP contribution < -0.4 is 0 Å². The average molecular weight is 98.1 g/mol. The summed E-state index contributed by atoms with van der Waals surface area (Å²) in [4.78, 5) is 9.81. The van der Waals surface area contributed by atoms with Gasteiger partial charge in [0, 0.05) is 5.57 Å². The van der Waals surface area contributed by atoms with Crippen LogP contribution in [0.15, 0.2) is 5.57 Å². The standard InChI is InChI=1S/C6H10O/c1-3-6(4-2)5-7/h3-4H2,1-2H3. The van der Waals surface area contributed by atoms with Gasteiger partial charge in [-0.3, -0.25) is 0 Å². The Labute approximate surface area is 44.0 Å². The number of hydrogen-bond donors (Lipinski definition) is 0. The highest BCUT2D eigenvalue weighted by Gasteiger charge is 1.85. The van der Waals surface area contributed by atoms with Gasteiger partial charge in [-0.1, -0.05) is 13.8 Å². The fourth-order valence-electron chi connectivity index (χ4n) is 0.394. The lowest BCUT2D eigenvalue weighted by atomic mass is 10.2. The van der Waals surface area contributed by atoms with E-state index in [1.165, 1.54) is 0 Å². The van der Waals surface area contributed by atoms with E-state index in [0.29, 0.717) is 0 Å². The molecular formula is C6H10O. The molecule has 0 aliphatic rings. The summed E-state index contributed by atoms with van der Waals surface area (Å²) in [6.07, 6.45) is 1.69.